The van der Waals surface area contributed by atoms with Gasteiger partial charge in [-0.3, -0.25) is 0 Å². The molecular formula is C21H12F3N3O3. The van der Waals surface area contributed by atoms with Crippen molar-refractivity contribution in [3.05, 3.63) is 77.6 Å². The molecule has 0 saturated carbocycles. The Kier molecular flexibility index (Phi) is 5.51. The van der Waals surface area contributed by atoms with Crippen LogP contribution >= 0.6 is 0 Å². The molecule has 3 aromatic rings. The minimum atomic E-state index is -4.69. The predicted molar refractivity (Wildman–Crippen MR) is 101 cm³/mol. The van der Waals surface area contributed by atoms with E-state index in [-0.39, 0.29) is 23.0 Å². The number of nitrogens with zero attached hydrogens (tertiary/aromatic N) is 3. The van der Waals surface area contributed by atoms with Crippen LogP contribution in [0.15, 0.2) is 55.1 Å². The van der Waals surface area contributed by atoms with Gasteiger partial charge in [0.15, 0.2) is 11.5 Å². The summed E-state index contributed by atoms with van der Waals surface area (Å²) < 4.78 is 44.7. The monoisotopic (exact) mass is 411 g/mol. The molecule has 0 atom stereocenters. The minimum absolute atomic E-state index is 0.0906. The van der Waals surface area contributed by atoms with Crippen LogP contribution in [0.2, 0.25) is 0 Å². The van der Waals surface area contributed by atoms with E-state index in [0.717, 1.165) is 12.1 Å². The van der Waals surface area contributed by atoms with E-state index in [9.17, 15) is 18.0 Å². The van der Waals surface area contributed by atoms with Gasteiger partial charge < -0.3 is 9.84 Å². The van der Waals surface area contributed by atoms with Crippen molar-refractivity contribution in [2.24, 2.45) is 0 Å². The van der Waals surface area contributed by atoms with E-state index in [1.807, 2.05) is 0 Å². The van der Waals surface area contributed by atoms with Crippen molar-refractivity contribution in [1.29, 1.82) is 5.26 Å². The second-order valence-corrected chi connectivity index (χ2v) is 5.95. The Bertz CT molecular complexity index is 1170. The summed E-state index contributed by atoms with van der Waals surface area (Å²) in [5.74, 6) is -0.931. The number of hydrogen-bond donors (Lipinski definition) is 1. The lowest BCUT2D eigenvalue weighted by Crippen LogP contribution is -2.07. The van der Waals surface area contributed by atoms with Crippen LogP contribution in [0.5, 0.6) is 11.5 Å². The van der Waals surface area contributed by atoms with Gasteiger partial charge in [0.1, 0.15) is 11.5 Å². The first-order chi connectivity index (χ1) is 14.2. The third-order valence-electron chi connectivity index (χ3n) is 3.94. The van der Waals surface area contributed by atoms with Gasteiger partial charge in [0.05, 0.1) is 22.9 Å². The van der Waals surface area contributed by atoms with Crippen molar-refractivity contribution in [3.63, 3.8) is 0 Å². The highest BCUT2D eigenvalue weighted by Gasteiger charge is 2.34. The molecule has 0 spiro atoms. The fourth-order valence-corrected chi connectivity index (χ4v) is 2.54. The zero-order chi connectivity index (χ0) is 21.9. The number of carboxylic acids is 1. The Morgan fingerprint density at radius 1 is 1.10 bits per heavy atom. The maximum Gasteiger partial charge on any atom is 0.417 e. The molecule has 0 unspecified atom stereocenters. The van der Waals surface area contributed by atoms with Crippen LogP contribution in [0.4, 0.5) is 13.2 Å². The van der Waals surface area contributed by atoms with Crippen LogP contribution in [0.1, 0.15) is 27.3 Å². The third kappa shape index (κ3) is 4.44. The summed E-state index contributed by atoms with van der Waals surface area (Å²) in [5.41, 5.74) is -0.986. The molecule has 150 valence electrons. The van der Waals surface area contributed by atoms with Crippen LogP contribution in [0.3, 0.4) is 0 Å². The first-order valence-electron chi connectivity index (χ1n) is 8.35. The summed E-state index contributed by atoms with van der Waals surface area (Å²) >= 11 is 0. The van der Waals surface area contributed by atoms with E-state index < -0.39 is 23.3 Å². The molecule has 1 N–H and O–H groups in total. The first-order valence-corrected chi connectivity index (χ1v) is 8.35. The van der Waals surface area contributed by atoms with Gasteiger partial charge in [-0.25, -0.2) is 14.8 Å². The molecule has 9 heteroatoms. The van der Waals surface area contributed by atoms with Crippen molar-refractivity contribution < 1.29 is 27.8 Å². The first kappa shape index (κ1) is 20.5. The standard InChI is InChI=1S/C21H12F3N3O3/c1-2-14-9-18(20(28)29)27-19(26-14)12-3-6-15(7-4-12)30-16-8-5-13(11-25)17(10-16)21(22,23)24/h2-10H,1H2,(H,28,29). The van der Waals surface area contributed by atoms with Gasteiger partial charge in [-0.2, -0.15) is 18.4 Å². The molecule has 1 aromatic heterocycles. The van der Waals surface area contributed by atoms with Crippen LogP contribution in [0, 0.1) is 11.3 Å². The fourth-order valence-electron chi connectivity index (χ4n) is 2.54. The SMILES string of the molecule is C=Cc1cc(C(=O)O)nc(-c2ccc(Oc3ccc(C#N)c(C(F)(F)F)c3)cc2)n1. The van der Waals surface area contributed by atoms with Crippen LogP contribution in [0.25, 0.3) is 17.5 Å². The minimum Gasteiger partial charge on any atom is -0.477 e. The topological polar surface area (TPSA) is 96.1 Å². The number of benzene rings is 2. The van der Waals surface area contributed by atoms with Crippen LogP contribution in [-0.2, 0) is 6.18 Å². The largest absolute Gasteiger partial charge is 0.477 e. The summed E-state index contributed by atoms with van der Waals surface area (Å²) in [6.45, 7) is 3.56. The molecule has 0 aliphatic carbocycles. The zero-order valence-corrected chi connectivity index (χ0v) is 15.1. The second-order valence-electron chi connectivity index (χ2n) is 5.95. The van der Waals surface area contributed by atoms with Gasteiger partial charge in [-0.05, 0) is 54.6 Å². The number of ether oxygens (including phenoxy) is 1. The molecule has 1 heterocycles. The number of carbonyl (C=O) groups is 1. The van der Waals surface area contributed by atoms with Crippen molar-refractivity contribution >= 4 is 12.0 Å². The Morgan fingerprint density at radius 3 is 2.33 bits per heavy atom. The number of alkyl halides is 3. The highest BCUT2D eigenvalue weighted by molar-refractivity contribution is 5.86. The lowest BCUT2D eigenvalue weighted by atomic mass is 10.1. The number of hydrogen-bond acceptors (Lipinski definition) is 5. The highest BCUT2D eigenvalue weighted by atomic mass is 19.4. The number of aromatic carboxylic acids is 1. The average molecular weight is 411 g/mol. The Balaban J connectivity index is 1.89. The van der Waals surface area contributed by atoms with Crippen molar-refractivity contribution in [1.82, 2.24) is 9.97 Å². The predicted octanol–water partition coefficient (Wildman–Crippen LogP) is 5.17. The molecule has 6 nitrogen and oxygen atoms in total. The quantitative estimate of drug-likeness (QED) is 0.622. The summed E-state index contributed by atoms with van der Waals surface area (Å²) in [6, 6.07) is 11.9. The lowest BCUT2D eigenvalue weighted by Gasteiger charge is -2.12. The normalized spacial score (nSPS) is 10.9. The number of halogens is 3. The second kappa shape index (κ2) is 8.05. The van der Waals surface area contributed by atoms with E-state index in [0.29, 0.717) is 11.3 Å². The molecule has 0 radical (unpaired) electrons. The third-order valence-corrected chi connectivity index (χ3v) is 3.94. The molecule has 2 aromatic carbocycles. The maximum atomic E-state index is 13.1. The van der Waals surface area contributed by atoms with Crippen molar-refractivity contribution in [3.8, 4) is 29.0 Å². The molecule has 0 saturated heterocycles. The van der Waals surface area contributed by atoms with E-state index in [2.05, 4.69) is 16.5 Å². The lowest BCUT2D eigenvalue weighted by molar-refractivity contribution is -0.137. The van der Waals surface area contributed by atoms with Gasteiger partial charge in [0.2, 0.25) is 0 Å². The Hall–Kier alpha value is -4.19. The molecule has 0 amide bonds. The van der Waals surface area contributed by atoms with Crippen LogP contribution < -0.4 is 4.74 Å². The Morgan fingerprint density at radius 2 is 1.77 bits per heavy atom. The van der Waals surface area contributed by atoms with E-state index in [1.54, 1.807) is 0 Å². The fraction of sp³-hybridized carbons (Fsp3) is 0.0476. The summed E-state index contributed by atoms with van der Waals surface area (Å²) in [7, 11) is 0. The molecule has 30 heavy (non-hydrogen) atoms. The number of rotatable bonds is 5. The van der Waals surface area contributed by atoms with E-state index in [1.165, 1.54) is 48.5 Å². The molecule has 0 aliphatic rings. The summed E-state index contributed by atoms with van der Waals surface area (Å²) in [6.07, 6.45) is -3.30. The van der Waals surface area contributed by atoms with Gasteiger partial charge in [0, 0.05) is 5.56 Å². The van der Waals surface area contributed by atoms with Gasteiger partial charge in [-0.1, -0.05) is 6.58 Å². The molecule has 0 fully saturated rings. The number of nitriles is 1. The molecule has 3 rings (SSSR count). The molecule has 0 bridgehead atoms. The van der Waals surface area contributed by atoms with E-state index in [4.69, 9.17) is 15.1 Å². The summed E-state index contributed by atoms with van der Waals surface area (Å²) in [5, 5.41) is 18.0. The summed E-state index contributed by atoms with van der Waals surface area (Å²) in [4.78, 5) is 19.4. The van der Waals surface area contributed by atoms with E-state index >= 15 is 0 Å². The highest BCUT2D eigenvalue weighted by Crippen LogP contribution is 2.35. The van der Waals surface area contributed by atoms with Crippen molar-refractivity contribution in [2.75, 3.05) is 0 Å². The Labute approximate surface area is 168 Å². The zero-order valence-electron chi connectivity index (χ0n) is 15.1. The number of carboxylic acid groups (broad SMARTS) is 1. The van der Waals surface area contributed by atoms with Gasteiger partial charge in [0.25, 0.3) is 0 Å². The average Bonchev–Trinajstić information content (AvgIpc) is 2.73. The number of aromatic nitrogens is 2. The molecule has 0 aliphatic heterocycles. The van der Waals surface area contributed by atoms with Crippen molar-refractivity contribution in [2.45, 2.75) is 6.18 Å². The van der Waals surface area contributed by atoms with Gasteiger partial charge in [-0.15, -0.1) is 0 Å². The smallest absolute Gasteiger partial charge is 0.417 e. The van der Waals surface area contributed by atoms with Gasteiger partial charge >= 0.3 is 12.1 Å². The van der Waals surface area contributed by atoms with Crippen LogP contribution in [-0.4, -0.2) is 21.0 Å². The maximum absolute atomic E-state index is 13.1. The molecular weight excluding hydrogens is 399 g/mol.